The number of rotatable bonds is 5. The number of hydrogen-bond donors (Lipinski definition) is 0. The molecule has 4 nitrogen and oxygen atoms in total. The van der Waals surface area contributed by atoms with Crippen molar-refractivity contribution in [2.75, 3.05) is 7.11 Å². The molecule has 21 heavy (non-hydrogen) atoms. The molecular weight excluding hydrogens is 292 g/mol. The van der Waals surface area contributed by atoms with E-state index in [1.54, 1.807) is 55.5 Å². The third-order valence-corrected chi connectivity index (χ3v) is 2.96. The van der Waals surface area contributed by atoms with Crippen LogP contribution in [0.2, 0.25) is 5.02 Å². The number of esters is 1. The Kier molecular flexibility index (Phi) is 5.06. The Balaban J connectivity index is 2.02. The van der Waals surface area contributed by atoms with E-state index in [0.717, 1.165) is 0 Å². The Morgan fingerprint density at radius 1 is 1.10 bits per heavy atom. The molecule has 0 saturated heterocycles. The van der Waals surface area contributed by atoms with Crippen LogP contribution in [0.3, 0.4) is 0 Å². The van der Waals surface area contributed by atoms with Crippen molar-refractivity contribution < 1.29 is 19.0 Å². The number of ether oxygens (including phenoxy) is 3. The first kappa shape index (κ1) is 15.2. The summed E-state index contributed by atoms with van der Waals surface area (Å²) in [6.45, 7) is 1.61. The fourth-order valence-electron chi connectivity index (χ4n) is 1.69. The van der Waals surface area contributed by atoms with Crippen LogP contribution < -0.4 is 14.2 Å². The van der Waals surface area contributed by atoms with Crippen molar-refractivity contribution in [2.24, 2.45) is 0 Å². The van der Waals surface area contributed by atoms with Crippen molar-refractivity contribution in [3.8, 4) is 17.2 Å². The highest BCUT2D eigenvalue weighted by atomic mass is 35.5. The van der Waals surface area contributed by atoms with E-state index in [2.05, 4.69) is 0 Å². The fourth-order valence-corrected chi connectivity index (χ4v) is 1.87. The highest BCUT2D eigenvalue weighted by Gasteiger charge is 2.19. The van der Waals surface area contributed by atoms with Crippen LogP contribution in [0.4, 0.5) is 0 Å². The number of carbonyl (C=O) groups is 1. The highest BCUT2D eigenvalue weighted by Crippen LogP contribution is 2.26. The minimum Gasteiger partial charge on any atom is -0.493 e. The second kappa shape index (κ2) is 6.99. The van der Waals surface area contributed by atoms with Gasteiger partial charge in [0.2, 0.25) is 0 Å². The van der Waals surface area contributed by atoms with Gasteiger partial charge in [0.25, 0.3) is 0 Å². The zero-order valence-electron chi connectivity index (χ0n) is 11.7. The van der Waals surface area contributed by atoms with Crippen LogP contribution in [-0.4, -0.2) is 19.2 Å². The lowest BCUT2D eigenvalue weighted by Crippen LogP contribution is -2.28. The van der Waals surface area contributed by atoms with Crippen molar-refractivity contribution in [3.05, 3.63) is 53.6 Å². The first-order valence-electron chi connectivity index (χ1n) is 6.37. The molecular formula is C16H15ClO4. The maximum atomic E-state index is 12.0. The van der Waals surface area contributed by atoms with Gasteiger partial charge in [0.15, 0.2) is 17.6 Å². The van der Waals surface area contributed by atoms with Crippen LogP contribution in [-0.2, 0) is 4.79 Å². The van der Waals surface area contributed by atoms with Gasteiger partial charge in [-0.3, -0.25) is 0 Å². The molecule has 5 heteroatoms. The van der Waals surface area contributed by atoms with Crippen LogP contribution in [0.15, 0.2) is 48.5 Å². The molecule has 0 saturated carbocycles. The van der Waals surface area contributed by atoms with Gasteiger partial charge in [-0.25, -0.2) is 4.79 Å². The molecule has 0 aliphatic rings. The van der Waals surface area contributed by atoms with Gasteiger partial charge in [0, 0.05) is 5.02 Å². The van der Waals surface area contributed by atoms with Gasteiger partial charge in [0.05, 0.1) is 7.11 Å². The van der Waals surface area contributed by atoms with Crippen molar-refractivity contribution in [2.45, 2.75) is 13.0 Å². The normalized spacial score (nSPS) is 11.6. The van der Waals surface area contributed by atoms with Crippen LogP contribution in [0, 0.1) is 0 Å². The van der Waals surface area contributed by atoms with Gasteiger partial charge in [0.1, 0.15) is 5.75 Å². The van der Waals surface area contributed by atoms with E-state index in [1.807, 2.05) is 0 Å². The standard InChI is InChI=1S/C16H15ClO4/c1-11(20-13-7-5-6-12(17)10-13)16(18)21-15-9-4-3-8-14(15)19-2/h3-11H,1-2H3. The molecule has 0 N–H and O–H groups in total. The Morgan fingerprint density at radius 2 is 1.81 bits per heavy atom. The number of carbonyl (C=O) groups excluding carboxylic acids is 1. The summed E-state index contributed by atoms with van der Waals surface area (Å²) in [5.74, 6) is 0.832. The summed E-state index contributed by atoms with van der Waals surface area (Å²) in [5, 5.41) is 0.540. The topological polar surface area (TPSA) is 44.8 Å². The van der Waals surface area contributed by atoms with E-state index in [1.165, 1.54) is 7.11 Å². The molecule has 1 atom stereocenters. The van der Waals surface area contributed by atoms with Gasteiger partial charge in [-0.2, -0.15) is 0 Å². The summed E-state index contributed by atoms with van der Waals surface area (Å²) in [7, 11) is 1.51. The Morgan fingerprint density at radius 3 is 2.48 bits per heavy atom. The Hall–Kier alpha value is -2.20. The molecule has 0 amide bonds. The van der Waals surface area contributed by atoms with E-state index in [-0.39, 0.29) is 0 Å². The molecule has 2 rings (SSSR count). The summed E-state index contributed by atoms with van der Waals surface area (Å²) >= 11 is 5.86. The molecule has 0 aliphatic heterocycles. The molecule has 0 radical (unpaired) electrons. The van der Waals surface area contributed by atoms with Crippen molar-refractivity contribution >= 4 is 17.6 Å². The van der Waals surface area contributed by atoms with E-state index in [0.29, 0.717) is 22.3 Å². The smallest absolute Gasteiger partial charge is 0.352 e. The minimum atomic E-state index is -0.770. The van der Waals surface area contributed by atoms with Crippen molar-refractivity contribution in [3.63, 3.8) is 0 Å². The maximum Gasteiger partial charge on any atom is 0.352 e. The first-order valence-corrected chi connectivity index (χ1v) is 6.75. The molecule has 2 aromatic rings. The van der Waals surface area contributed by atoms with Crippen molar-refractivity contribution in [1.29, 1.82) is 0 Å². The maximum absolute atomic E-state index is 12.0. The molecule has 110 valence electrons. The summed E-state index contributed by atoms with van der Waals surface area (Å²) in [5.41, 5.74) is 0. The van der Waals surface area contributed by atoms with E-state index >= 15 is 0 Å². The average Bonchev–Trinajstić information content (AvgIpc) is 2.47. The zero-order valence-corrected chi connectivity index (χ0v) is 12.5. The molecule has 0 bridgehead atoms. The van der Waals surface area contributed by atoms with Gasteiger partial charge in [-0.05, 0) is 37.3 Å². The molecule has 0 aliphatic carbocycles. The largest absolute Gasteiger partial charge is 0.493 e. The Bertz CT molecular complexity index is 627. The number of hydrogen-bond acceptors (Lipinski definition) is 4. The molecule has 0 heterocycles. The summed E-state index contributed by atoms with van der Waals surface area (Å²) in [6.07, 6.45) is -0.770. The van der Waals surface area contributed by atoms with Gasteiger partial charge in [-0.15, -0.1) is 0 Å². The van der Waals surface area contributed by atoms with Gasteiger partial charge in [-0.1, -0.05) is 29.8 Å². The quantitative estimate of drug-likeness (QED) is 0.624. The van der Waals surface area contributed by atoms with E-state index < -0.39 is 12.1 Å². The van der Waals surface area contributed by atoms with Crippen LogP contribution in [0.25, 0.3) is 0 Å². The molecule has 1 unspecified atom stereocenters. The number of methoxy groups -OCH3 is 1. The third-order valence-electron chi connectivity index (χ3n) is 2.72. The third kappa shape index (κ3) is 4.13. The minimum absolute atomic E-state index is 0.353. The predicted octanol–water partition coefficient (Wildman–Crippen LogP) is 3.72. The lowest BCUT2D eigenvalue weighted by atomic mass is 10.3. The molecule has 0 spiro atoms. The lowest BCUT2D eigenvalue weighted by Gasteiger charge is -2.15. The predicted molar refractivity (Wildman–Crippen MR) is 80.2 cm³/mol. The SMILES string of the molecule is COc1ccccc1OC(=O)C(C)Oc1cccc(Cl)c1. The second-order valence-corrected chi connectivity index (χ2v) is 4.73. The Labute approximate surface area is 128 Å². The molecule has 0 aromatic heterocycles. The molecule has 2 aromatic carbocycles. The number of halogens is 1. The molecule has 0 fully saturated rings. The first-order chi connectivity index (χ1) is 10.1. The highest BCUT2D eigenvalue weighted by molar-refractivity contribution is 6.30. The summed E-state index contributed by atoms with van der Waals surface area (Å²) < 4.78 is 15.9. The van der Waals surface area contributed by atoms with Crippen molar-refractivity contribution in [1.82, 2.24) is 0 Å². The van der Waals surface area contributed by atoms with E-state index in [4.69, 9.17) is 25.8 Å². The fraction of sp³-hybridized carbons (Fsp3) is 0.188. The van der Waals surface area contributed by atoms with Gasteiger partial charge >= 0.3 is 5.97 Å². The number of para-hydroxylation sites is 2. The summed E-state index contributed by atoms with van der Waals surface area (Å²) in [6, 6.07) is 13.7. The van der Waals surface area contributed by atoms with Crippen LogP contribution in [0.1, 0.15) is 6.92 Å². The van der Waals surface area contributed by atoms with Gasteiger partial charge < -0.3 is 14.2 Å². The second-order valence-electron chi connectivity index (χ2n) is 4.29. The van der Waals surface area contributed by atoms with Crippen LogP contribution in [0.5, 0.6) is 17.2 Å². The van der Waals surface area contributed by atoms with Crippen LogP contribution >= 0.6 is 11.6 Å². The summed E-state index contributed by atoms with van der Waals surface area (Å²) in [4.78, 5) is 12.0. The lowest BCUT2D eigenvalue weighted by molar-refractivity contribution is -0.141. The zero-order chi connectivity index (χ0) is 15.2. The van der Waals surface area contributed by atoms with E-state index in [9.17, 15) is 4.79 Å². The monoisotopic (exact) mass is 306 g/mol. The average molecular weight is 307 g/mol. The number of benzene rings is 2.